The number of methoxy groups -OCH3 is 1. The van der Waals surface area contributed by atoms with Gasteiger partial charge in [-0.1, -0.05) is 0 Å². The van der Waals surface area contributed by atoms with Crippen LogP contribution in [0.4, 0.5) is 0 Å². The molecule has 1 fully saturated rings. The molecule has 0 amide bonds. The maximum Gasteiger partial charge on any atom is 0.0644 e. The summed E-state index contributed by atoms with van der Waals surface area (Å²) in [5.74, 6) is 0. The Balaban J connectivity index is 2.51. The van der Waals surface area contributed by atoms with Gasteiger partial charge in [-0.15, -0.1) is 0 Å². The van der Waals surface area contributed by atoms with Crippen molar-refractivity contribution in [3.8, 4) is 0 Å². The Morgan fingerprint density at radius 2 is 2.20 bits per heavy atom. The highest BCUT2D eigenvalue weighted by atomic mass is 16.5. The molecule has 0 bridgehead atoms. The average Bonchev–Trinajstić information content (AvgIpc) is 2.17. The Bertz CT molecular complexity index is 197. The predicted molar refractivity (Wildman–Crippen MR) is 60.9 cm³/mol. The minimum Gasteiger partial charge on any atom is -0.383 e. The zero-order valence-corrected chi connectivity index (χ0v) is 10.1. The fraction of sp³-hybridized carbons (Fsp3) is 1.00. The highest BCUT2D eigenvalue weighted by molar-refractivity contribution is 4.97. The minimum atomic E-state index is -0.0717. The van der Waals surface area contributed by atoms with Crippen LogP contribution in [-0.4, -0.2) is 44.6 Å². The lowest BCUT2D eigenvalue weighted by Crippen LogP contribution is -2.59. The summed E-state index contributed by atoms with van der Waals surface area (Å²) in [5.41, 5.74) is 5.84. The second-order valence-corrected chi connectivity index (χ2v) is 4.94. The first-order valence-corrected chi connectivity index (χ1v) is 5.62. The van der Waals surface area contributed by atoms with Gasteiger partial charge in [0.15, 0.2) is 0 Å². The summed E-state index contributed by atoms with van der Waals surface area (Å²) in [6.45, 7) is 7.25. The molecule has 0 radical (unpaired) electrons. The van der Waals surface area contributed by atoms with Crippen molar-refractivity contribution >= 4 is 0 Å². The van der Waals surface area contributed by atoms with Crippen molar-refractivity contribution in [2.45, 2.75) is 37.8 Å². The summed E-state index contributed by atoms with van der Waals surface area (Å²) in [5, 5.41) is 3.51. The molecule has 1 rings (SSSR count). The molecule has 0 aliphatic carbocycles. The highest BCUT2D eigenvalue weighted by Gasteiger charge is 2.39. The van der Waals surface area contributed by atoms with Crippen LogP contribution < -0.4 is 11.1 Å². The van der Waals surface area contributed by atoms with E-state index in [1.807, 2.05) is 0 Å². The van der Waals surface area contributed by atoms with Crippen LogP contribution in [0.25, 0.3) is 0 Å². The van der Waals surface area contributed by atoms with Crippen LogP contribution in [0, 0.1) is 0 Å². The normalized spacial score (nSPS) is 30.4. The lowest BCUT2D eigenvalue weighted by Gasteiger charge is -2.45. The van der Waals surface area contributed by atoms with Crippen molar-refractivity contribution in [1.29, 1.82) is 0 Å². The first-order chi connectivity index (χ1) is 7.04. The Kier molecular flexibility index (Phi) is 4.52. The van der Waals surface area contributed by atoms with Crippen LogP contribution in [0.3, 0.4) is 0 Å². The van der Waals surface area contributed by atoms with Gasteiger partial charge in [0.25, 0.3) is 0 Å². The van der Waals surface area contributed by atoms with Crippen LogP contribution in [0.2, 0.25) is 0 Å². The first kappa shape index (κ1) is 12.9. The molecule has 0 saturated carbocycles. The summed E-state index contributed by atoms with van der Waals surface area (Å²) in [6, 6.07) is 0. The third-order valence-electron chi connectivity index (χ3n) is 3.03. The summed E-state index contributed by atoms with van der Waals surface area (Å²) >= 11 is 0. The van der Waals surface area contributed by atoms with Gasteiger partial charge in [-0.3, -0.25) is 0 Å². The van der Waals surface area contributed by atoms with Gasteiger partial charge in [-0.25, -0.2) is 0 Å². The van der Waals surface area contributed by atoms with Crippen LogP contribution in [0.5, 0.6) is 0 Å². The minimum absolute atomic E-state index is 0.0281. The van der Waals surface area contributed by atoms with Crippen LogP contribution in [0.1, 0.15) is 26.7 Å². The number of nitrogens with one attached hydrogen (secondary N) is 1. The summed E-state index contributed by atoms with van der Waals surface area (Å²) < 4.78 is 10.7. The van der Waals surface area contributed by atoms with Crippen molar-refractivity contribution in [3.63, 3.8) is 0 Å². The molecule has 0 aromatic rings. The molecule has 0 aromatic carbocycles. The molecule has 1 heterocycles. The number of rotatable bonds is 5. The van der Waals surface area contributed by atoms with Crippen molar-refractivity contribution in [2.24, 2.45) is 5.73 Å². The number of hydrogen-bond donors (Lipinski definition) is 2. The Morgan fingerprint density at radius 3 is 2.73 bits per heavy atom. The lowest BCUT2D eigenvalue weighted by atomic mass is 9.81. The quantitative estimate of drug-likeness (QED) is 0.657. The van der Waals surface area contributed by atoms with Crippen LogP contribution >= 0.6 is 0 Å². The zero-order valence-electron chi connectivity index (χ0n) is 10.1. The molecule has 4 nitrogen and oxygen atoms in total. The molecule has 1 aliphatic rings. The van der Waals surface area contributed by atoms with E-state index >= 15 is 0 Å². The molecule has 4 heteroatoms. The van der Waals surface area contributed by atoms with E-state index in [9.17, 15) is 0 Å². The second-order valence-electron chi connectivity index (χ2n) is 4.94. The summed E-state index contributed by atoms with van der Waals surface area (Å²) in [7, 11) is 1.71. The van der Waals surface area contributed by atoms with Crippen molar-refractivity contribution in [2.75, 3.05) is 33.4 Å². The van der Waals surface area contributed by atoms with E-state index in [4.69, 9.17) is 15.2 Å². The molecule has 0 aromatic heterocycles. The molecule has 0 spiro atoms. The van der Waals surface area contributed by atoms with E-state index in [0.717, 1.165) is 32.6 Å². The highest BCUT2D eigenvalue weighted by Crippen LogP contribution is 2.31. The molecule has 15 heavy (non-hydrogen) atoms. The van der Waals surface area contributed by atoms with Gasteiger partial charge in [-0.05, 0) is 26.7 Å². The fourth-order valence-electron chi connectivity index (χ4n) is 2.29. The van der Waals surface area contributed by atoms with Gasteiger partial charge >= 0.3 is 0 Å². The number of nitrogens with two attached hydrogens (primary N) is 1. The monoisotopic (exact) mass is 216 g/mol. The third kappa shape index (κ3) is 3.72. The van der Waals surface area contributed by atoms with E-state index < -0.39 is 0 Å². The Morgan fingerprint density at radius 1 is 1.47 bits per heavy atom. The van der Waals surface area contributed by atoms with Crippen molar-refractivity contribution < 1.29 is 9.47 Å². The summed E-state index contributed by atoms with van der Waals surface area (Å²) in [4.78, 5) is 0. The van der Waals surface area contributed by atoms with Crippen molar-refractivity contribution in [1.82, 2.24) is 5.32 Å². The molecular weight excluding hydrogens is 192 g/mol. The Hall–Kier alpha value is -0.160. The topological polar surface area (TPSA) is 56.5 Å². The summed E-state index contributed by atoms with van der Waals surface area (Å²) in [6.07, 6.45) is 1.94. The van der Waals surface area contributed by atoms with Gasteiger partial charge in [0.1, 0.15) is 0 Å². The zero-order chi connectivity index (χ0) is 11.4. The maximum atomic E-state index is 5.88. The predicted octanol–water partition coefficient (Wildman–Crippen LogP) is 0.509. The van der Waals surface area contributed by atoms with E-state index in [0.29, 0.717) is 6.54 Å². The van der Waals surface area contributed by atoms with Gasteiger partial charge in [0, 0.05) is 32.3 Å². The molecule has 1 unspecified atom stereocenters. The molecule has 1 saturated heterocycles. The molecule has 90 valence electrons. The van der Waals surface area contributed by atoms with Gasteiger partial charge < -0.3 is 20.5 Å². The van der Waals surface area contributed by atoms with E-state index in [1.54, 1.807) is 7.11 Å². The van der Waals surface area contributed by atoms with Gasteiger partial charge in [0.2, 0.25) is 0 Å². The van der Waals surface area contributed by atoms with Crippen LogP contribution in [0.15, 0.2) is 0 Å². The SMILES string of the molecule is COCCNC1(CN)CCOC(C)(C)C1. The molecule has 3 N–H and O–H groups in total. The second kappa shape index (κ2) is 5.25. The number of ether oxygens (including phenoxy) is 2. The standard InChI is InChI=1S/C11H24N2O2/c1-10(2)8-11(9-12,4-6-15-10)13-5-7-14-3/h13H,4-9,12H2,1-3H3. The van der Waals surface area contributed by atoms with E-state index in [1.165, 1.54) is 0 Å². The molecular formula is C11H24N2O2. The lowest BCUT2D eigenvalue weighted by molar-refractivity contribution is -0.0863. The molecule has 1 atom stereocenters. The number of hydrogen-bond acceptors (Lipinski definition) is 4. The first-order valence-electron chi connectivity index (χ1n) is 5.62. The van der Waals surface area contributed by atoms with Crippen molar-refractivity contribution in [3.05, 3.63) is 0 Å². The Labute approximate surface area is 92.5 Å². The largest absolute Gasteiger partial charge is 0.383 e. The van der Waals surface area contributed by atoms with E-state index in [-0.39, 0.29) is 11.1 Å². The smallest absolute Gasteiger partial charge is 0.0644 e. The molecule has 1 aliphatic heterocycles. The average molecular weight is 216 g/mol. The van der Waals surface area contributed by atoms with Crippen LogP contribution in [-0.2, 0) is 9.47 Å². The van der Waals surface area contributed by atoms with E-state index in [2.05, 4.69) is 19.2 Å². The maximum absolute atomic E-state index is 5.88. The van der Waals surface area contributed by atoms with Gasteiger partial charge in [-0.2, -0.15) is 0 Å². The third-order valence-corrected chi connectivity index (χ3v) is 3.03. The fourth-order valence-corrected chi connectivity index (χ4v) is 2.29. The van der Waals surface area contributed by atoms with Gasteiger partial charge in [0.05, 0.1) is 12.2 Å².